The molecule has 1 saturated heterocycles. The normalized spacial score (nSPS) is 14.5. The van der Waals surface area contributed by atoms with Crippen molar-refractivity contribution < 1.29 is 14.6 Å². The van der Waals surface area contributed by atoms with Gasteiger partial charge in [-0.3, -0.25) is 4.98 Å². The van der Waals surface area contributed by atoms with Gasteiger partial charge in [0.15, 0.2) is 0 Å². The second-order valence-corrected chi connectivity index (χ2v) is 6.19. The van der Waals surface area contributed by atoms with Gasteiger partial charge in [0.25, 0.3) is 0 Å². The number of piperazine rings is 1. The molecule has 1 fully saturated rings. The molecule has 0 spiro atoms. The number of rotatable bonds is 3. The Morgan fingerprint density at radius 2 is 1.73 bits per heavy atom. The first-order valence-electron chi connectivity index (χ1n) is 8.55. The minimum Gasteiger partial charge on any atom is -0.465 e. The Morgan fingerprint density at radius 1 is 0.962 bits per heavy atom. The zero-order valence-corrected chi connectivity index (χ0v) is 14.2. The van der Waals surface area contributed by atoms with Crippen molar-refractivity contribution in [1.82, 2.24) is 9.88 Å². The molecule has 1 amide bonds. The van der Waals surface area contributed by atoms with Gasteiger partial charge in [-0.05, 0) is 24.3 Å². The number of amides is 1. The van der Waals surface area contributed by atoms with E-state index in [1.54, 1.807) is 6.20 Å². The Labute approximate surface area is 151 Å². The van der Waals surface area contributed by atoms with E-state index in [4.69, 9.17) is 9.84 Å². The molecule has 3 aromatic rings. The number of hydrogen-bond donors (Lipinski definition) is 1. The van der Waals surface area contributed by atoms with Crippen LogP contribution in [0, 0.1) is 0 Å². The number of fused-ring (bicyclic) bond motifs is 1. The minimum atomic E-state index is -0.858. The number of carboxylic acid groups (broad SMARTS) is 1. The van der Waals surface area contributed by atoms with Crippen molar-refractivity contribution in [3.05, 3.63) is 60.8 Å². The maximum Gasteiger partial charge on any atom is 0.407 e. The molecule has 0 atom stereocenters. The number of benzene rings is 2. The van der Waals surface area contributed by atoms with Gasteiger partial charge in [0, 0.05) is 31.6 Å². The molecule has 0 bridgehead atoms. The summed E-state index contributed by atoms with van der Waals surface area (Å²) in [5.41, 5.74) is 1.93. The summed E-state index contributed by atoms with van der Waals surface area (Å²) < 4.78 is 5.86. The van der Waals surface area contributed by atoms with E-state index >= 15 is 0 Å². The smallest absolute Gasteiger partial charge is 0.407 e. The highest BCUT2D eigenvalue weighted by Gasteiger charge is 2.22. The molecule has 0 saturated carbocycles. The molecule has 1 aliphatic rings. The van der Waals surface area contributed by atoms with E-state index in [0.29, 0.717) is 31.9 Å². The quantitative estimate of drug-likeness (QED) is 0.778. The summed E-state index contributed by atoms with van der Waals surface area (Å²) in [6.45, 7) is 2.33. The lowest BCUT2D eigenvalue weighted by Crippen LogP contribution is -2.48. The van der Waals surface area contributed by atoms with E-state index in [2.05, 4.69) is 9.88 Å². The van der Waals surface area contributed by atoms with Gasteiger partial charge in [-0.15, -0.1) is 0 Å². The number of nitrogens with zero attached hydrogens (tertiary/aromatic N) is 3. The topological polar surface area (TPSA) is 65.9 Å². The van der Waals surface area contributed by atoms with Crippen LogP contribution in [0.15, 0.2) is 60.8 Å². The molecule has 1 aliphatic heterocycles. The first kappa shape index (κ1) is 16.2. The molecule has 4 rings (SSSR count). The standard InChI is InChI=1S/C20H19N3O3/c24-20(25)23-11-9-22(10-12-23)18-8-4-5-15-13-17(14-21-19(15)18)26-16-6-2-1-3-7-16/h1-8,13-14H,9-12H2,(H,24,25). The fraction of sp³-hybridized carbons (Fsp3) is 0.200. The molecule has 1 aromatic heterocycles. The van der Waals surface area contributed by atoms with Gasteiger partial charge in [0.2, 0.25) is 0 Å². The SMILES string of the molecule is O=C(O)N1CCN(c2cccc3cc(Oc4ccccc4)cnc23)CC1. The van der Waals surface area contributed by atoms with Crippen molar-refractivity contribution in [3.63, 3.8) is 0 Å². The number of para-hydroxylation sites is 2. The van der Waals surface area contributed by atoms with Crippen LogP contribution < -0.4 is 9.64 Å². The van der Waals surface area contributed by atoms with Crippen LogP contribution in [-0.2, 0) is 0 Å². The molecule has 0 radical (unpaired) electrons. The van der Waals surface area contributed by atoms with Crippen molar-refractivity contribution in [1.29, 1.82) is 0 Å². The number of pyridine rings is 1. The van der Waals surface area contributed by atoms with Gasteiger partial charge in [-0.2, -0.15) is 0 Å². The molecule has 26 heavy (non-hydrogen) atoms. The average Bonchev–Trinajstić information content (AvgIpc) is 2.68. The maximum atomic E-state index is 11.1. The van der Waals surface area contributed by atoms with Crippen LogP contribution in [0.4, 0.5) is 10.5 Å². The van der Waals surface area contributed by atoms with Gasteiger partial charge in [0.1, 0.15) is 11.5 Å². The predicted octanol–water partition coefficient (Wildman–Crippen LogP) is 3.83. The molecule has 2 aromatic carbocycles. The third-order valence-electron chi connectivity index (χ3n) is 4.53. The number of carbonyl (C=O) groups is 1. The van der Waals surface area contributed by atoms with Gasteiger partial charge < -0.3 is 19.6 Å². The number of anilines is 1. The molecule has 0 unspecified atom stereocenters. The summed E-state index contributed by atoms with van der Waals surface area (Å²) in [4.78, 5) is 19.3. The highest BCUT2D eigenvalue weighted by atomic mass is 16.5. The van der Waals surface area contributed by atoms with Crippen molar-refractivity contribution >= 4 is 22.7 Å². The first-order valence-corrected chi connectivity index (χ1v) is 8.55. The summed E-state index contributed by atoms with van der Waals surface area (Å²) in [5.74, 6) is 1.46. The summed E-state index contributed by atoms with van der Waals surface area (Å²) in [5, 5.41) is 10.1. The van der Waals surface area contributed by atoms with Crippen LogP contribution in [-0.4, -0.2) is 47.3 Å². The maximum absolute atomic E-state index is 11.1. The van der Waals surface area contributed by atoms with E-state index in [1.807, 2.05) is 54.6 Å². The van der Waals surface area contributed by atoms with Crippen molar-refractivity contribution in [2.45, 2.75) is 0 Å². The van der Waals surface area contributed by atoms with E-state index in [1.165, 1.54) is 4.90 Å². The second kappa shape index (κ2) is 6.92. The van der Waals surface area contributed by atoms with E-state index in [-0.39, 0.29) is 0 Å². The van der Waals surface area contributed by atoms with Crippen LogP contribution >= 0.6 is 0 Å². The lowest BCUT2D eigenvalue weighted by Gasteiger charge is -2.34. The summed E-state index contributed by atoms with van der Waals surface area (Å²) in [6.07, 6.45) is 0.871. The largest absolute Gasteiger partial charge is 0.465 e. The fourth-order valence-corrected chi connectivity index (χ4v) is 3.20. The van der Waals surface area contributed by atoms with Gasteiger partial charge in [0.05, 0.1) is 17.4 Å². The van der Waals surface area contributed by atoms with E-state index in [9.17, 15) is 4.79 Å². The van der Waals surface area contributed by atoms with Crippen LogP contribution in [0.3, 0.4) is 0 Å². The molecule has 6 heteroatoms. The van der Waals surface area contributed by atoms with Crippen LogP contribution in [0.25, 0.3) is 10.9 Å². The molecular formula is C20H19N3O3. The van der Waals surface area contributed by atoms with E-state index in [0.717, 1.165) is 22.3 Å². The number of ether oxygens (including phenoxy) is 1. The number of hydrogen-bond acceptors (Lipinski definition) is 4. The average molecular weight is 349 g/mol. The van der Waals surface area contributed by atoms with Crippen LogP contribution in [0.5, 0.6) is 11.5 Å². The van der Waals surface area contributed by atoms with Gasteiger partial charge in [-0.25, -0.2) is 4.79 Å². The Hall–Kier alpha value is -3.28. The van der Waals surface area contributed by atoms with Gasteiger partial charge >= 0.3 is 6.09 Å². The molecule has 2 heterocycles. The molecule has 132 valence electrons. The molecule has 6 nitrogen and oxygen atoms in total. The highest BCUT2D eigenvalue weighted by Crippen LogP contribution is 2.30. The van der Waals surface area contributed by atoms with Crippen LogP contribution in [0.1, 0.15) is 0 Å². The van der Waals surface area contributed by atoms with Gasteiger partial charge in [-0.1, -0.05) is 30.3 Å². The monoisotopic (exact) mass is 349 g/mol. The van der Waals surface area contributed by atoms with E-state index < -0.39 is 6.09 Å². The Balaban J connectivity index is 1.58. The van der Waals surface area contributed by atoms with Crippen LogP contribution in [0.2, 0.25) is 0 Å². The minimum absolute atomic E-state index is 0.501. The molecule has 1 N–H and O–H groups in total. The third-order valence-corrected chi connectivity index (χ3v) is 4.53. The van der Waals surface area contributed by atoms with Crippen molar-refractivity contribution in [2.75, 3.05) is 31.1 Å². The summed E-state index contributed by atoms with van der Waals surface area (Å²) in [7, 11) is 0. The van der Waals surface area contributed by atoms with Crippen molar-refractivity contribution in [2.24, 2.45) is 0 Å². The first-order chi connectivity index (χ1) is 12.7. The Bertz CT molecular complexity index is 922. The zero-order chi connectivity index (χ0) is 17.9. The Morgan fingerprint density at radius 3 is 2.46 bits per heavy atom. The predicted molar refractivity (Wildman–Crippen MR) is 100 cm³/mol. The number of aromatic nitrogens is 1. The van der Waals surface area contributed by atoms with Crippen molar-refractivity contribution in [3.8, 4) is 11.5 Å². The lowest BCUT2D eigenvalue weighted by molar-refractivity contribution is 0.142. The summed E-state index contributed by atoms with van der Waals surface area (Å²) >= 11 is 0. The second-order valence-electron chi connectivity index (χ2n) is 6.19. The zero-order valence-electron chi connectivity index (χ0n) is 14.2. The Kier molecular flexibility index (Phi) is 4.31. The third kappa shape index (κ3) is 3.26. The molecular weight excluding hydrogens is 330 g/mol. The lowest BCUT2D eigenvalue weighted by atomic mass is 10.1. The highest BCUT2D eigenvalue weighted by molar-refractivity contribution is 5.91. The summed E-state index contributed by atoms with van der Waals surface area (Å²) in [6, 6.07) is 17.6. The fourth-order valence-electron chi connectivity index (χ4n) is 3.20. The molecule has 0 aliphatic carbocycles.